The molecule has 0 heterocycles. The van der Waals surface area contributed by atoms with Gasteiger partial charge in [0.15, 0.2) is 0 Å². The number of aryl methyl sites for hydroxylation is 1. The number of hydrogen-bond acceptors (Lipinski definition) is 4. The van der Waals surface area contributed by atoms with Crippen molar-refractivity contribution < 1.29 is 13.2 Å². The van der Waals surface area contributed by atoms with Crippen molar-refractivity contribution in [1.29, 1.82) is 0 Å². The Bertz CT molecular complexity index is 635. The van der Waals surface area contributed by atoms with Crippen LogP contribution in [-0.4, -0.2) is 39.2 Å². The highest BCUT2D eigenvalue weighted by Crippen LogP contribution is 2.58. The zero-order valence-electron chi connectivity index (χ0n) is 14.0. The molecule has 23 heavy (non-hydrogen) atoms. The molecule has 1 N–H and O–H groups in total. The third kappa shape index (κ3) is 3.56. The molecule has 2 aliphatic rings. The van der Waals surface area contributed by atoms with Crippen LogP contribution in [0.3, 0.4) is 0 Å². The summed E-state index contributed by atoms with van der Waals surface area (Å²) in [6.45, 7) is 2.87. The second-order valence-electron chi connectivity index (χ2n) is 7.04. The molecule has 1 aromatic rings. The molecule has 2 atom stereocenters. The number of rotatable bonds is 7. The number of benzene rings is 1. The molecule has 0 radical (unpaired) electrons. The molecule has 0 aliphatic heterocycles. The number of ether oxygens (including phenoxy) is 1. The lowest BCUT2D eigenvalue weighted by Gasteiger charge is -2.61. The van der Waals surface area contributed by atoms with Crippen LogP contribution in [0.15, 0.2) is 24.3 Å². The molecule has 2 saturated carbocycles. The average Bonchev–Trinajstić information content (AvgIpc) is 2.42. The molecular formula is C18H27NO3S. The Morgan fingerprint density at radius 3 is 2.48 bits per heavy atom. The van der Waals surface area contributed by atoms with Crippen LogP contribution in [0.25, 0.3) is 0 Å². The second-order valence-corrected chi connectivity index (χ2v) is 9.30. The quantitative estimate of drug-likeness (QED) is 0.831. The summed E-state index contributed by atoms with van der Waals surface area (Å²) in [5, 5.41) is 3.66. The normalized spacial score (nSPS) is 25.7. The summed E-state index contributed by atoms with van der Waals surface area (Å²) in [4.78, 5) is 0. The third-order valence-corrected chi connectivity index (χ3v) is 6.44. The van der Waals surface area contributed by atoms with Gasteiger partial charge in [0.05, 0.1) is 11.9 Å². The van der Waals surface area contributed by atoms with E-state index in [4.69, 9.17) is 4.74 Å². The highest BCUT2D eigenvalue weighted by atomic mass is 32.2. The molecule has 3 rings (SSSR count). The van der Waals surface area contributed by atoms with Crippen LogP contribution < -0.4 is 5.32 Å². The van der Waals surface area contributed by atoms with Crippen molar-refractivity contribution in [2.75, 3.05) is 23.9 Å². The Labute approximate surface area is 139 Å². The van der Waals surface area contributed by atoms with Crippen molar-refractivity contribution in [3.8, 4) is 0 Å². The zero-order valence-corrected chi connectivity index (χ0v) is 14.9. The standard InChI is InChI=1S/C18H27NO3S/c1-3-22-17-13-16(18(17)10-4-11-18)19-15-7-5-14(6-8-15)9-12-23(2,20)21/h5-8,16-17,19H,3-4,9-13H2,1-2H3/t16-,17+/m0/s1. The van der Waals surface area contributed by atoms with Gasteiger partial charge in [-0.05, 0) is 50.3 Å². The monoisotopic (exact) mass is 337 g/mol. The summed E-state index contributed by atoms with van der Waals surface area (Å²) in [7, 11) is -2.90. The van der Waals surface area contributed by atoms with E-state index in [0.29, 0.717) is 24.0 Å². The summed E-state index contributed by atoms with van der Waals surface area (Å²) < 4.78 is 28.4. The van der Waals surface area contributed by atoms with Gasteiger partial charge in [0.2, 0.25) is 0 Å². The van der Waals surface area contributed by atoms with Crippen molar-refractivity contribution in [3.05, 3.63) is 29.8 Å². The first kappa shape index (κ1) is 16.8. The molecular weight excluding hydrogens is 310 g/mol. The van der Waals surface area contributed by atoms with Gasteiger partial charge in [0, 0.05) is 30.0 Å². The molecule has 2 fully saturated rings. The topological polar surface area (TPSA) is 55.4 Å². The highest BCUT2D eigenvalue weighted by molar-refractivity contribution is 7.90. The van der Waals surface area contributed by atoms with E-state index in [0.717, 1.165) is 24.3 Å². The van der Waals surface area contributed by atoms with Crippen LogP contribution in [0.4, 0.5) is 5.69 Å². The maximum atomic E-state index is 11.2. The fourth-order valence-corrected chi connectivity index (χ4v) is 4.52. The second kappa shape index (κ2) is 6.44. The fraction of sp³-hybridized carbons (Fsp3) is 0.667. The summed E-state index contributed by atoms with van der Waals surface area (Å²) in [5.41, 5.74) is 2.55. The lowest BCUT2D eigenvalue weighted by molar-refractivity contribution is -0.157. The highest BCUT2D eigenvalue weighted by Gasteiger charge is 2.58. The van der Waals surface area contributed by atoms with E-state index in [1.807, 2.05) is 12.1 Å². The van der Waals surface area contributed by atoms with Crippen LogP contribution in [0, 0.1) is 5.41 Å². The maximum Gasteiger partial charge on any atom is 0.147 e. The Balaban J connectivity index is 1.57. The van der Waals surface area contributed by atoms with Crippen molar-refractivity contribution in [2.24, 2.45) is 5.41 Å². The van der Waals surface area contributed by atoms with Crippen LogP contribution in [0.1, 0.15) is 38.2 Å². The van der Waals surface area contributed by atoms with E-state index in [2.05, 4.69) is 24.4 Å². The van der Waals surface area contributed by atoms with E-state index in [1.54, 1.807) is 0 Å². The Hall–Kier alpha value is -1.07. The molecule has 0 aromatic heterocycles. The maximum absolute atomic E-state index is 11.2. The van der Waals surface area contributed by atoms with Crippen molar-refractivity contribution in [1.82, 2.24) is 0 Å². The lowest BCUT2D eigenvalue weighted by atomic mass is 9.51. The minimum atomic E-state index is -2.90. The Morgan fingerprint density at radius 2 is 1.96 bits per heavy atom. The molecule has 5 heteroatoms. The van der Waals surface area contributed by atoms with Crippen LogP contribution >= 0.6 is 0 Å². The minimum absolute atomic E-state index is 0.210. The van der Waals surface area contributed by atoms with Gasteiger partial charge >= 0.3 is 0 Å². The van der Waals surface area contributed by atoms with E-state index >= 15 is 0 Å². The van der Waals surface area contributed by atoms with Gasteiger partial charge in [-0.15, -0.1) is 0 Å². The van der Waals surface area contributed by atoms with Crippen molar-refractivity contribution >= 4 is 15.5 Å². The zero-order chi connectivity index (χ0) is 16.5. The van der Waals surface area contributed by atoms with Crippen molar-refractivity contribution in [3.63, 3.8) is 0 Å². The molecule has 2 aliphatic carbocycles. The summed E-state index contributed by atoms with van der Waals surface area (Å²) >= 11 is 0. The van der Waals surface area contributed by atoms with Gasteiger partial charge in [-0.2, -0.15) is 0 Å². The molecule has 0 amide bonds. The lowest BCUT2D eigenvalue weighted by Crippen LogP contribution is -2.64. The Kier molecular flexibility index (Phi) is 4.70. The van der Waals surface area contributed by atoms with E-state index < -0.39 is 9.84 Å². The van der Waals surface area contributed by atoms with Gasteiger partial charge in [-0.3, -0.25) is 0 Å². The first-order valence-electron chi connectivity index (χ1n) is 8.58. The minimum Gasteiger partial charge on any atom is -0.382 e. The summed E-state index contributed by atoms with van der Waals surface area (Å²) in [5.74, 6) is 0.210. The van der Waals surface area contributed by atoms with Gasteiger partial charge in [-0.25, -0.2) is 8.42 Å². The Morgan fingerprint density at radius 1 is 1.26 bits per heavy atom. The molecule has 0 unspecified atom stereocenters. The predicted octanol–water partition coefficient (Wildman–Crippen LogP) is 3.03. The van der Waals surface area contributed by atoms with Crippen molar-refractivity contribution in [2.45, 2.75) is 51.2 Å². The summed E-state index contributed by atoms with van der Waals surface area (Å²) in [6, 6.07) is 8.70. The van der Waals surface area contributed by atoms with Crippen LogP contribution in [0.2, 0.25) is 0 Å². The smallest absolute Gasteiger partial charge is 0.147 e. The molecule has 1 aromatic carbocycles. The van der Waals surface area contributed by atoms with Gasteiger partial charge in [0.1, 0.15) is 9.84 Å². The third-order valence-electron chi connectivity index (χ3n) is 5.49. The van der Waals surface area contributed by atoms with E-state index in [9.17, 15) is 8.42 Å². The largest absolute Gasteiger partial charge is 0.382 e. The molecule has 128 valence electrons. The van der Waals surface area contributed by atoms with Gasteiger partial charge in [0.25, 0.3) is 0 Å². The number of anilines is 1. The first-order valence-corrected chi connectivity index (χ1v) is 10.6. The molecule has 1 spiro atoms. The SMILES string of the molecule is CCO[C@@H]1C[C@H](Nc2ccc(CCS(C)(=O)=O)cc2)C12CCC2. The molecule has 0 bridgehead atoms. The fourth-order valence-electron chi connectivity index (χ4n) is 3.91. The van der Waals surface area contributed by atoms with Gasteiger partial charge in [-0.1, -0.05) is 18.6 Å². The number of sulfone groups is 1. The van der Waals surface area contributed by atoms with E-state index in [1.165, 1.54) is 25.5 Å². The van der Waals surface area contributed by atoms with E-state index in [-0.39, 0.29) is 5.75 Å². The number of nitrogens with one attached hydrogen (secondary N) is 1. The molecule has 0 saturated heterocycles. The summed E-state index contributed by atoms with van der Waals surface area (Å²) in [6.07, 6.45) is 7.22. The number of hydrogen-bond donors (Lipinski definition) is 1. The van der Waals surface area contributed by atoms with Crippen LogP contribution in [-0.2, 0) is 21.0 Å². The molecule has 4 nitrogen and oxygen atoms in total. The average molecular weight is 337 g/mol. The van der Waals surface area contributed by atoms with Crippen LogP contribution in [0.5, 0.6) is 0 Å². The predicted molar refractivity (Wildman–Crippen MR) is 93.6 cm³/mol. The first-order chi connectivity index (χ1) is 10.9. The van der Waals surface area contributed by atoms with Gasteiger partial charge < -0.3 is 10.1 Å².